The molecular weight excluding hydrogens is 431 g/mol. The van der Waals surface area contributed by atoms with E-state index in [4.69, 9.17) is 4.74 Å². The number of fused-ring (bicyclic) bond motifs is 1. The van der Waals surface area contributed by atoms with Crippen LogP contribution in [0.4, 0.5) is 0 Å². The highest BCUT2D eigenvalue weighted by molar-refractivity contribution is 14.1. The lowest BCUT2D eigenvalue weighted by molar-refractivity contribution is 0.0302. The van der Waals surface area contributed by atoms with E-state index in [0.717, 1.165) is 31.7 Å². The number of carbonyl (C=O) groups excluding carboxylic acids is 1. The Bertz CT molecular complexity index is 947. The third-order valence-electron chi connectivity index (χ3n) is 4.40. The van der Waals surface area contributed by atoms with Crippen molar-refractivity contribution in [2.75, 3.05) is 26.3 Å². The van der Waals surface area contributed by atoms with E-state index in [2.05, 4.69) is 32.6 Å². The zero-order valence-corrected chi connectivity index (χ0v) is 15.9. The maximum absolute atomic E-state index is 12.7. The molecule has 7 heteroatoms. The molecule has 4 rings (SSSR count). The van der Waals surface area contributed by atoms with Crippen LogP contribution in [-0.4, -0.2) is 51.5 Å². The van der Waals surface area contributed by atoms with Crippen LogP contribution in [0, 0.1) is 10.6 Å². The van der Waals surface area contributed by atoms with E-state index in [-0.39, 0.29) is 5.91 Å². The first-order valence-electron chi connectivity index (χ1n) is 8.10. The van der Waals surface area contributed by atoms with E-state index in [0.29, 0.717) is 26.3 Å². The van der Waals surface area contributed by atoms with Gasteiger partial charge in [0, 0.05) is 30.4 Å². The largest absolute Gasteiger partial charge is 0.378 e. The van der Waals surface area contributed by atoms with E-state index in [9.17, 15) is 4.79 Å². The Labute approximate surface area is 159 Å². The molecule has 0 aliphatic carbocycles. The number of hydrogen-bond donors (Lipinski definition) is 0. The fourth-order valence-corrected chi connectivity index (χ4v) is 3.53. The third-order valence-corrected chi connectivity index (χ3v) is 5.20. The van der Waals surface area contributed by atoms with E-state index in [1.54, 1.807) is 6.20 Å². The lowest BCUT2D eigenvalue weighted by Gasteiger charge is -2.27. The van der Waals surface area contributed by atoms with Gasteiger partial charge in [0.1, 0.15) is 3.70 Å². The number of morpholine rings is 1. The normalized spacial score (nSPS) is 14.9. The quantitative estimate of drug-likeness (QED) is 0.566. The first-order chi connectivity index (χ1) is 12.1. The zero-order chi connectivity index (χ0) is 17.4. The molecule has 0 spiro atoms. The number of rotatable bonds is 2. The predicted molar refractivity (Wildman–Crippen MR) is 103 cm³/mol. The number of carbonyl (C=O) groups is 1. The van der Waals surface area contributed by atoms with Gasteiger partial charge in [-0.05, 0) is 47.2 Å². The van der Waals surface area contributed by atoms with Gasteiger partial charge in [0.05, 0.1) is 31.3 Å². The second-order valence-electron chi connectivity index (χ2n) is 6.02. The van der Waals surface area contributed by atoms with Crippen LogP contribution in [0.3, 0.4) is 0 Å². The third kappa shape index (κ3) is 3.13. The van der Waals surface area contributed by atoms with Gasteiger partial charge in [-0.25, -0.2) is 4.98 Å². The van der Waals surface area contributed by atoms with Gasteiger partial charge < -0.3 is 9.64 Å². The van der Waals surface area contributed by atoms with Crippen molar-refractivity contribution < 1.29 is 9.53 Å². The molecule has 128 valence electrons. The van der Waals surface area contributed by atoms with Crippen molar-refractivity contribution in [1.29, 1.82) is 0 Å². The summed E-state index contributed by atoms with van der Waals surface area (Å²) < 4.78 is 8.36. The fourth-order valence-electron chi connectivity index (χ4n) is 3.01. The number of benzene rings is 1. The standard InChI is InChI=1S/C18H17IN4O2/c1-12-8-13(15-11-23-16(19)9-21-17(23)10-20-15)2-3-14(12)18(24)22-4-6-25-7-5-22/h2-3,8-11H,4-7H2,1H3. The minimum Gasteiger partial charge on any atom is -0.378 e. The van der Waals surface area contributed by atoms with Gasteiger partial charge in [-0.15, -0.1) is 0 Å². The Balaban J connectivity index is 1.66. The van der Waals surface area contributed by atoms with Crippen LogP contribution in [-0.2, 0) is 4.74 Å². The lowest BCUT2D eigenvalue weighted by Crippen LogP contribution is -2.40. The molecule has 3 aromatic rings. The number of aromatic nitrogens is 3. The van der Waals surface area contributed by atoms with Crippen molar-refractivity contribution in [3.05, 3.63) is 51.6 Å². The molecule has 1 amide bonds. The van der Waals surface area contributed by atoms with Crippen LogP contribution in [0.1, 0.15) is 15.9 Å². The van der Waals surface area contributed by atoms with Crippen LogP contribution < -0.4 is 0 Å². The molecule has 2 aromatic heterocycles. The summed E-state index contributed by atoms with van der Waals surface area (Å²) in [6.07, 6.45) is 5.55. The summed E-state index contributed by atoms with van der Waals surface area (Å²) in [5.74, 6) is 0.0694. The molecule has 3 heterocycles. The highest BCUT2D eigenvalue weighted by atomic mass is 127. The second-order valence-corrected chi connectivity index (χ2v) is 7.12. The molecule has 1 saturated heterocycles. The molecule has 0 radical (unpaired) electrons. The number of hydrogen-bond acceptors (Lipinski definition) is 4. The SMILES string of the molecule is Cc1cc(-c2cn3c(I)cnc3cn2)ccc1C(=O)N1CCOCC1. The molecule has 0 N–H and O–H groups in total. The van der Waals surface area contributed by atoms with Crippen LogP contribution in [0.2, 0.25) is 0 Å². The van der Waals surface area contributed by atoms with E-state index in [1.165, 1.54) is 0 Å². The summed E-state index contributed by atoms with van der Waals surface area (Å²) in [6, 6.07) is 5.87. The van der Waals surface area contributed by atoms with Gasteiger partial charge in [-0.1, -0.05) is 6.07 Å². The number of aryl methyl sites for hydroxylation is 1. The number of imidazole rings is 1. The molecule has 0 saturated carbocycles. The van der Waals surface area contributed by atoms with Crippen molar-refractivity contribution in [2.45, 2.75) is 6.92 Å². The van der Waals surface area contributed by atoms with Gasteiger partial charge in [0.2, 0.25) is 0 Å². The molecule has 1 aromatic carbocycles. The Morgan fingerprint density at radius 3 is 2.76 bits per heavy atom. The van der Waals surface area contributed by atoms with Crippen LogP contribution in [0.5, 0.6) is 0 Å². The molecular formula is C18H17IN4O2. The van der Waals surface area contributed by atoms with Gasteiger partial charge in [-0.2, -0.15) is 0 Å². The monoisotopic (exact) mass is 448 g/mol. The van der Waals surface area contributed by atoms with Gasteiger partial charge >= 0.3 is 0 Å². The maximum Gasteiger partial charge on any atom is 0.254 e. The van der Waals surface area contributed by atoms with E-state index >= 15 is 0 Å². The molecule has 1 aliphatic rings. The Hall–Kier alpha value is -2.00. The Morgan fingerprint density at radius 1 is 1.20 bits per heavy atom. The lowest BCUT2D eigenvalue weighted by atomic mass is 10.0. The minimum atomic E-state index is 0.0694. The summed E-state index contributed by atoms with van der Waals surface area (Å²) >= 11 is 2.25. The summed E-state index contributed by atoms with van der Waals surface area (Å²) in [4.78, 5) is 23.3. The van der Waals surface area contributed by atoms with Crippen molar-refractivity contribution >= 4 is 34.1 Å². The first kappa shape index (κ1) is 16.5. The van der Waals surface area contributed by atoms with Crippen molar-refractivity contribution in [1.82, 2.24) is 19.3 Å². The molecule has 1 fully saturated rings. The number of nitrogens with zero attached hydrogens (tertiary/aromatic N) is 4. The summed E-state index contributed by atoms with van der Waals surface area (Å²) in [7, 11) is 0. The number of amides is 1. The van der Waals surface area contributed by atoms with Gasteiger partial charge in [0.25, 0.3) is 5.91 Å². The summed E-state index contributed by atoms with van der Waals surface area (Å²) in [5, 5.41) is 0. The molecule has 25 heavy (non-hydrogen) atoms. The van der Waals surface area contributed by atoms with Gasteiger partial charge in [0.15, 0.2) is 5.65 Å². The molecule has 0 atom stereocenters. The predicted octanol–water partition coefficient (Wildman–Crippen LogP) is 2.78. The number of halogens is 1. The highest BCUT2D eigenvalue weighted by Gasteiger charge is 2.20. The van der Waals surface area contributed by atoms with Crippen molar-refractivity contribution in [3.63, 3.8) is 0 Å². The average Bonchev–Trinajstić information content (AvgIpc) is 3.02. The summed E-state index contributed by atoms with van der Waals surface area (Å²) in [5.41, 5.74) is 4.36. The van der Waals surface area contributed by atoms with Crippen LogP contribution >= 0.6 is 22.6 Å². The topological polar surface area (TPSA) is 59.7 Å². The van der Waals surface area contributed by atoms with Gasteiger partial charge in [-0.3, -0.25) is 14.2 Å². The van der Waals surface area contributed by atoms with E-state index in [1.807, 2.05) is 46.8 Å². The fraction of sp³-hybridized carbons (Fsp3) is 0.278. The van der Waals surface area contributed by atoms with Crippen molar-refractivity contribution in [3.8, 4) is 11.3 Å². The first-order valence-corrected chi connectivity index (χ1v) is 9.18. The number of ether oxygens (including phenoxy) is 1. The maximum atomic E-state index is 12.7. The molecule has 0 bridgehead atoms. The molecule has 1 aliphatic heterocycles. The van der Waals surface area contributed by atoms with E-state index < -0.39 is 0 Å². The zero-order valence-electron chi connectivity index (χ0n) is 13.8. The molecule has 6 nitrogen and oxygen atoms in total. The second kappa shape index (κ2) is 6.72. The molecule has 0 unspecified atom stereocenters. The summed E-state index contributed by atoms with van der Waals surface area (Å²) in [6.45, 7) is 4.48. The Kier molecular flexibility index (Phi) is 4.43. The van der Waals surface area contributed by atoms with Crippen molar-refractivity contribution in [2.24, 2.45) is 0 Å². The average molecular weight is 448 g/mol. The van der Waals surface area contributed by atoms with Crippen LogP contribution in [0.15, 0.2) is 36.8 Å². The minimum absolute atomic E-state index is 0.0694. The highest BCUT2D eigenvalue weighted by Crippen LogP contribution is 2.23. The van der Waals surface area contributed by atoms with Crippen LogP contribution in [0.25, 0.3) is 16.9 Å². The Morgan fingerprint density at radius 2 is 2.00 bits per heavy atom. The smallest absolute Gasteiger partial charge is 0.254 e.